The van der Waals surface area contributed by atoms with Crippen LogP contribution in [0.3, 0.4) is 0 Å². The number of nitrogens with one attached hydrogen (secondary N) is 2. The summed E-state index contributed by atoms with van der Waals surface area (Å²) in [4.78, 5) is 12.3. The topological polar surface area (TPSA) is 84.5 Å². The summed E-state index contributed by atoms with van der Waals surface area (Å²) in [7, 11) is -2.36. The average Bonchev–Trinajstić information content (AvgIpc) is 2.72. The van der Waals surface area contributed by atoms with Crippen LogP contribution in [0, 0.1) is 0 Å². The van der Waals surface area contributed by atoms with E-state index < -0.39 is 10.0 Å². The second-order valence-corrected chi connectivity index (χ2v) is 9.01. The Hall–Kier alpha value is -2.38. The molecule has 2 aromatic rings. The molecule has 1 amide bonds. The summed E-state index contributed by atoms with van der Waals surface area (Å²) in [6, 6.07) is 10.1. The van der Waals surface area contributed by atoms with E-state index in [1.165, 1.54) is 49.3 Å². The predicted molar refractivity (Wildman–Crippen MR) is 113 cm³/mol. The third kappa shape index (κ3) is 4.79. The van der Waals surface area contributed by atoms with Gasteiger partial charge in [-0.15, -0.1) is 0 Å². The average molecular weight is 417 g/mol. The summed E-state index contributed by atoms with van der Waals surface area (Å²) in [5, 5.41) is 2.68. The normalized spacial score (nSPS) is 14.7. The summed E-state index contributed by atoms with van der Waals surface area (Å²) in [5.74, 6) is -0.0400. The Balaban J connectivity index is 1.85. The van der Waals surface area contributed by atoms with Gasteiger partial charge in [0.2, 0.25) is 10.0 Å². The van der Waals surface area contributed by atoms with Crippen molar-refractivity contribution < 1.29 is 17.9 Å². The Morgan fingerprint density at radius 1 is 1.10 bits per heavy atom. The van der Waals surface area contributed by atoms with E-state index in [-0.39, 0.29) is 22.4 Å². The highest BCUT2D eigenvalue weighted by Crippen LogP contribution is 2.27. The van der Waals surface area contributed by atoms with Gasteiger partial charge < -0.3 is 10.1 Å². The number of methoxy groups -OCH3 is 1. The monoisotopic (exact) mass is 416 g/mol. The highest BCUT2D eigenvalue weighted by molar-refractivity contribution is 7.89. The molecule has 29 heavy (non-hydrogen) atoms. The highest BCUT2D eigenvalue weighted by Gasteiger charge is 2.22. The number of aryl methyl sites for hydroxylation is 2. The molecule has 0 aliphatic heterocycles. The molecule has 6 nitrogen and oxygen atoms in total. The Bertz CT molecular complexity index is 1000. The third-order valence-electron chi connectivity index (χ3n) is 5.27. The fourth-order valence-electron chi connectivity index (χ4n) is 3.68. The maximum atomic E-state index is 13.0. The van der Waals surface area contributed by atoms with Gasteiger partial charge in [0.05, 0.1) is 17.6 Å². The van der Waals surface area contributed by atoms with Gasteiger partial charge in [-0.2, -0.15) is 0 Å². The molecule has 0 bridgehead atoms. The maximum Gasteiger partial charge on any atom is 0.255 e. The molecule has 2 N–H and O–H groups in total. The number of carbonyl (C=O) groups is 1. The zero-order valence-corrected chi connectivity index (χ0v) is 17.9. The zero-order valence-electron chi connectivity index (χ0n) is 17.1. The minimum Gasteiger partial charge on any atom is -0.496 e. The Kier molecular flexibility index (Phi) is 6.59. The summed E-state index contributed by atoms with van der Waals surface area (Å²) in [6.07, 6.45) is 4.51. The summed E-state index contributed by atoms with van der Waals surface area (Å²) < 4.78 is 33.8. The number of benzene rings is 2. The van der Waals surface area contributed by atoms with Crippen molar-refractivity contribution in [2.75, 3.05) is 13.7 Å². The molecular formula is C22H28N2O4S. The van der Waals surface area contributed by atoms with Crippen molar-refractivity contribution in [3.63, 3.8) is 0 Å². The standard InChI is InChI=1S/C22H28N2O4S/c1-4-23-22(25)20-14-19(11-12-21(20)28-3)29(26,27)24-15(2)17-10-9-16-7-5-6-8-18(16)13-17/h9-15,24H,4-8H2,1-3H3,(H,23,25)/t15-/m1/s1. The van der Waals surface area contributed by atoms with Crippen LogP contribution in [0.1, 0.15) is 59.8 Å². The van der Waals surface area contributed by atoms with E-state index in [1.54, 1.807) is 6.92 Å². The van der Waals surface area contributed by atoms with Crippen molar-refractivity contribution in [3.8, 4) is 5.75 Å². The molecule has 1 aliphatic rings. The molecule has 0 aromatic heterocycles. The molecule has 156 valence electrons. The summed E-state index contributed by atoms with van der Waals surface area (Å²) in [5.41, 5.74) is 3.80. The third-order valence-corrected chi connectivity index (χ3v) is 6.81. The van der Waals surface area contributed by atoms with Crippen LogP contribution in [0.25, 0.3) is 0 Å². The first-order valence-corrected chi connectivity index (χ1v) is 11.4. The van der Waals surface area contributed by atoms with E-state index in [2.05, 4.69) is 22.2 Å². The largest absolute Gasteiger partial charge is 0.496 e. The molecule has 0 unspecified atom stereocenters. The van der Waals surface area contributed by atoms with E-state index in [4.69, 9.17) is 4.74 Å². The van der Waals surface area contributed by atoms with E-state index in [0.717, 1.165) is 18.4 Å². The van der Waals surface area contributed by atoms with Gasteiger partial charge in [0.25, 0.3) is 5.91 Å². The quantitative estimate of drug-likeness (QED) is 0.725. The van der Waals surface area contributed by atoms with Crippen LogP contribution in [-0.2, 0) is 22.9 Å². The first-order valence-electron chi connectivity index (χ1n) is 9.96. The van der Waals surface area contributed by atoms with Crippen molar-refractivity contribution in [1.82, 2.24) is 10.0 Å². The molecule has 1 aliphatic carbocycles. The molecule has 3 rings (SSSR count). The van der Waals surface area contributed by atoms with Crippen LogP contribution in [0.15, 0.2) is 41.3 Å². The lowest BCUT2D eigenvalue weighted by atomic mass is 9.89. The van der Waals surface area contributed by atoms with Crippen molar-refractivity contribution in [2.24, 2.45) is 0 Å². The van der Waals surface area contributed by atoms with Crippen molar-refractivity contribution in [2.45, 2.75) is 50.5 Å². The fraction of sp³-hybridized carbons (Fsp3) is 0.409. The Morgan fingerprint density at radius 2 is 1.83 bits per heavy atom. The minimum atomic E-state index is -3.81. The molecule has 0 radical (unpaired) electrons. The highest BCUT2D eigenvalue weighted by atomic mass is 32.2. The van der Waals surface area contributed by atoms with Crippen molar-refractivity contribution >= 4 is 15.9 Å². The number of ether oxygens (including phenoxy) is 1. The minimum absolute atomic E-state index is 0.0318. The fourth-order valence-corrected chi connectivity index (χ4v) is 4.94. The zero-order chi connectivity index (χ0) is 21.0. The number of amides is 1. The van der Waals surface area contributed by atoms with Crippen molar-refractivity contribution in [1.29, 1.82) is 0 Å². The molecule has 0 saturated carbocycles. The molecule has 0 fully saturated rings. The lowest BCUT2D eigenvalue weighted by Gasteiger charge is -2.20. The molecule has 0 spiro atoms. The van der Waals surface area contributed by atoms with Gasteiger partial charge in [0, 0.05) is 12.6 Å². The van der Waals surface area contributed by atoms with Crippen LogP contribution in [0.2, 0.25) is 0 Å². The summed E-state index contributed by atoms with van der Waals surface area (Å²) >= 11 is 0. The number of hydrogen-bond acceptors (Lipinski definition) is 4. The van der Waals surface area contributed by atoms with Crippen LogP contribution >= 0.6 is 0 Å². The first kappa shape index (κ1) is 21.3. The Labute approximate surface area is 172 Å². The van der Waals surface area contributed by atoms with Gasteiger partial charge in [-0.3, -0.25) is 4.79 Å². The van der Waals surface area contributed by atoms with Crippen molar-refractivity contribution in [3.05, 3.63) is 58.7 Å². The van der Waals surface area contributed by atoms with Gasteiger partial charge >= 0.3 is 0 Å². The Morgan fingerprint density at radius 3 is 2.52 bits per heavy atom. The maximum absolute atomic E-state index is 13.0. The number of carbonyl (C=O) groups excluding carboxylic acids is 1. The molecular weight excluding hydrogens is 388 g/mol. The number of sulfonamides is 1. The van der Waals surface area contributed by atoms with Gasteiger partial charge in [0.15, 0.2) is 0 Å². The van der Waals surface area contributed by atoms with E-state index >= 15 is 0 Å². The SMILES string of the molecule is CCNC(=O)c1cc(S(=O)(=O)N[C@H](C)c2ccc3c(c2)CCCC3)ccc1OC. The van der Waals surface area contributed by atoms with Crippen LogP contribution in [-0.4, -0.2) is 28.0 Å². The van der Waals surface area contributed by atoms with Gasteiger partial charge in [-0.05, 0) is 74.4 Å². The number of hydrogen-bond donors (Lipinski definition) is 2. The molecule has 0 saturated heterocycles. The first-order chi connectivity index (χ1) is 13.9. The lowest BCUT2D eigenvalue weighted by Crippen LogP contribution is -2.28. The van der Waals surface area contributed by atoms with Gasteiger partial charge in [-0.1, -0.05) is 18.2 Å². The van der Waals surface area contributed by atoms with Crippen LogP contribution < -0.4 is 14.8 Å². The molecule has 0 heterocycles. The van der Waals surface area contributed by atoms with E-state index in [9.17, 15) is 13.2 Å². The second-order valence-electron chi connectivity index (χ2n) is 7.30. The molecule has 2 aromatic carbocycles. The lowest BCUT2D eigenvalue weighted by molar-refractivity contribution is 0.0952. The number of rotatable bonds is 7. The van der Waals surface area contributed by atoms with Crippen LogP contribution in [0.4, 0.5) is 0 Å². The molecule has 1 atom stereocenters. The predicted octanol–water partition coefficient (Wildman–Crippen LogP) is 3.36. The van der Waals surface area contributed by atoms with Gasteiger partial charge in [0.1, 0.15) is 5.75 Å². The smallest absolute Gasteiger partial charge is 0.255 e. The molecule has 7 heteroatoms. The van der Waals surface area contributed by atoms with E-state index in [1.807, 2.05) is 13.0 Å². The number of fused-ring (bicyclic) bond motifs is 1. The second kappa shape index (κ2) is 8.97. The van der Waals surface area contributed by atoms with Crippen LogP contribution in [0.5, 0.6) is 5.75 Å². The van der Waals surface area contributed by atoms with Gasteiger partial charge in [-0.25, -0.2) is 13.1 Å². The summed E-state index contributed by atoms with van der Waals surface area (Å²) in [6.45, 7) is 4.07. The van der Waals surface area contributed by atoms with E-state index in [0.29, 0.717) is 12.3 Å².